The van der Waals surface area contributed by atoms with Crippen LogP contribution in [0.2, 0.25) is 0 Å². The van der Waals surface area contributed by atoms with Crippen LogP contribution < -0.4 is 5.32 Å². The number of Topliss-reactive ketones (excluding diaryl/α,β-unsaturated/α-hetero) is 1. The van der Waals surface area contributed by atoms with Gasteiger partial charge in [0.2, 0.25) is 0 Å². The second kappa shape index (κ2) is 9.30. The Morgan fingerprint density at radius 1 is 1.10 bits per heavy atom. The maximum Gasteiger partial charge on any atom is 0.159 e. The second-order valence-electron chi connectivity index (χ2n) is 8.15. The fourth-order valence-electron chi connectivity index (χ4n) is 4.14. The average Bonchev–Trinajstić information content (AvgIpc) is 2.79. The largest absolute Gasteiger partial charge is 0.375 e. The summed E-state index contributed by atoms with van der Waals surface area (Å²) in [4.78, 5) is 16.4. The van der Waals surface area contributed by atoms with Gasteiger partial charge < -0.3 is 5.32 Å². The standard InChI is InChI=1S/C26H29N3O/c1-20(23-10-12-24(13-11-23)21(2)30)29-18-25-17-28(16-14-26(25)27-19-29)15-6-9-22-7-4-3-5-8-22/h3-5,7-8,10-13,20,27H,14-19H2,1-2H3. The van der Waals surface area contributed by atoms with E-state index < -0.39 is 0 Å². The molecule has 4 heteroatoms. The van der Waals surface area contributed by atoms with Crippen LogP contribution in [0.15, 0.2) is 65.9 Å². The van der Waals surface area contributed by atoms with E-state index in [0.717, 1.165) is 50.4 Å². The lowest BCUT2D eigenvalue weighted by Crippen LogP contribution is -2.47. The molecule has 4 nitrogen and oxygen atoms in total. The quantitative estimate of drug-likeness (QED) is 0.626. The summed E-state index contributed by atoms with van der Waals surface area (Å²) >= 11 is 0. The molecule has 0 saturated heterocycles. The third-order valence-electron chi connectivity index (χ3n) is 6.07. The van der Waals surface area contributed by atoms with Crippen molar-refractivity contribution < 1.29 is 4.79 Å². The molecule has 0 fully saturated rings. The van der Waals surface area contributed by atoms with E-state index in [0.29, 0.717) is 6.04 Å². The van der Waals surface area contributed by atoms with Gasteiger partial charge in [0.25, 0.3) is 0 Å². The van der Waals surface area contributed by atoms with E-state index in [1.165, 1.54) is 16.8 Å². The van der Waals surface area contributed by atoms with Gasteiger partial charge in [0, 0.05) is 42.5 Å². The number of carbonyl (C=O) groups is 1. The normalized spacial score (nSPS) is 18.1. The van der Waals surface area contributed by atoms with Crippen molar-refractivity contribution in [1.82, 2.24) is 15.1 Å². The van der Waals surface area contributed by atoms with Gasteiger partial charge in [-0.3, -0.25) is 14.6 Å². The smallest absolute Gasteiger partial charge is 0.159 e. The molecule has 0 aliphatic carbocycles. The van der Waals surface area contributed by atoms with Gasteiger partial charge in [-0.2, -0.15) is 0 Å². The fourth-order valence-corrected chi connectivity index (χ4v) is 4.14. The van der Waals surface area contributed by atoms with E-state index in [4.69, 9.17) is 0 Å². The summed E-state index contributed by atoms with van der Waals surface area (Å²) in [6.45, 7) is 8.51. The molecule has 0 bridgehead atoms. The lowest BCUT2D eigenvalue weighted by Gasteiger charge is -2.40. The number of benzene rings is 2. The third-order valence-corrected chi connectivity index (χ3v) is 6.07. The molecule has 0 amide bonds. The van der Waals surface area contributed by atoms with Crippen molar-refractivity contribution in [2.75, 3.05) is 32.8 Å². The van der Waals surface area contributed by atoms with Crippen LogP contribution in [0, 0.1) is 11.8 Å². The highest BCUT2D eigenvalue weighted by molar-refractivity contribution is 5.94. The van der Waals surface area contributed by atoms with Crippen LogP contribution in [0.4, 0.5) is 0 Å². The SMILES string of the molecule is CC(=O)c1ccc(C(C)N2CNC3=C(CN(CC#Cc4ccccc4)CC3)C2)cc1. The molecule has 0 radical (unpaired) electrons. The molecule has 2 aromatic carbocycles. The Balaban J connectivity index is 1.37. The molecule has 4 rings (SSSR count). The molecule has 0 spiro atoms. The van der Waals surface area contributed by atoms with Crippen LogP contribution in [0.1, 0.15) is 47.8 Å². The molecule has 2 aromatic rings. The number of rotatable bonds is 4. The van der Waals surface area contributed by atoms with Crippen LogP contribution in [-0.4, -0.2) is 48.4 Å². The Hall–Kier alpha value is -2.87. The first-order chi connectivity index (χ1) is 14.6. The minimum atomic E-state index is 0.112. The average molecular weight is 400 g/mol. The molecule has 154 valence electrons. The predicted molar refractivity (Wildman–Crippen MR) is 121 cm³/mol. The zero-order valence-electron chi connectivity index (χ0n) is 17.8. The molecule has 1 N–H and O–H groups in total. The highest BCUT2D eigenvalue weighted by Crippen LogP contribution is 2.27. The van der Waals surface area contributed by atoms with Crippen molar-refractivity contribution in [3.8, 4) is 11.8 Å². The van der Waals surface area contributed by atoms with Gasteiger partial charge in [-0.1, -0.05) is 54.3 Å². The fraction of sp³-hybridized carbons (Fsp3) is 0.346. The monoisotopic (exact) mass is 399 g/mol. The van der Waals surface area contributed by atoms with Crippen molar-refractivity contribution in [3.63, 3.8) is 0 Å². The summed E-state index contributed by atoms with van der Waals surface area (Å²) in [7, 11) is 0. The van der Waals surface area contributed by atoms with Gasteiger partial charge in [0.1, 0.15) is 0 Å². The van der Waals surface area contributed by atoms with E-state index >= 15 is 0 Å². The van der Waals surface area contributed by atoms with Crippen LogP contribution >= 0.6 is 0 Å². The third kappa shape index (κ3) is 4.81. The maximum absolute atomic E-state index is 11.5. The van der Waals surface area contributed by atoms with Gasteiger partial charge in [0.15, 0.2) is 5.78 Å². The molecule has 0 aromatic heterocycles. The topological polar surface area (TPSA) is 35.6 Å². The lowest BCUT2D eigenvalue weighted by molar-refractivity contribution is 0.101. The minimum absolute atomic E-state index is 0.112. The molecule has 1 atom stereocenters. The molecular formula is C26H29N3O. The van der Waals surface area contributed by atoms with Crippen molar-refractivity contribution >= 4 is 5.78 Å². The Morgan fingerprint density at radius 3 is 2.60 bits per heavy atom. The molecular weight excluding hydrogens is 370 g/mol. The predicted octanol–water partition coefficient (Wildman–Crippen LogP) is 3.82. The first-order valence-corrected chi connectivity index (χ1v) is 10.7. The van der Waals surface area contributed by atoms with E-state index in [1.807, 2.05) is 30.3 Å². The summed E-state index contributed by atoms with van der Waals surface area (Å²) < 4.78 is 0. The molecule has 2 aliphatic rings. The van der Waals surface area contributed by atoms with Crippen LogP contribution in [0.3, 0.4) is 0 Å². The number of ketones is 1. The number of carbonyl (C=O) groups excluding carboxylic acids is 1. The first kappa shape index (κ1) is 20.4. The molecule has 2 aliphatic heterocycles. The minimum Gasteiger partial charge on any atom is -0.375 e. The van der Waals surface area contributed by atoms with Crippen LogP contribution in [-0.2, 0) is 0 Å². The van der Waals surface area contributed by atoms with E-state index in [2.05, 4.69) is 58.1 Å². The molecule has 30 heavy (non-hydrogen) atoms. The first-order valence-electron chi connectivity index (χ1n) is 10.7. The summed E-state index contributed by atoms with van der Waals surface area (Å²) in [5.41, 5.74) is 5.97. The Morgan fingerprint density at radius 2 is 1.87 bits per heavy atom. The van der Waals surface area contributed by atoms with E-state index in [-0.39, 0.29) is 5.78 Å². The zero-order chi connectivity index (χ0) is 20.9. The number of hydrogen-bond donors (Lipinski definition) is 1. The second-order valence-corrected chi connectivity index (χ2v) is 8.15. The number of hydrogen-bond acceptors (Lipinski definition) is 4. The van der Waals surface area contributed by atoms with Gasteiger partial charge in [-0.05, 0) is 43.5 Å². The summed E-state index contributed by atoms with van der Waals surface area (Å²) in [5.74, 6) is 6.71. The Bertz CT molecular complexity index is 982. The van der Waals surface area contributed by atoms with Crippen LogP contribution in [0.25, 0.3) is 0 Å². The lowest BCUT2D eigenvalue weighted by atomic mass is 9.99. The van der Waals surface area contributed by atoms with Gasteiger partial charge in [0.05, 0.1) is 13.2 Å². The van der Waals surface area contributed by atoms with Gasteiger partial charge in [-0.15, -0.1) is 0 Å². The van der Waals surface area contributed by atoms with Crippen LogP contribution in [0.5, 0.6) is 0 Å². The van der Waals surface area contributed by atoms with Crippen molar-refractivity contribution in [3.05, 3.63) is 82.6 Å². The molecule has 2 heterocycles. The van der Waals surface area contributed by atoms with Gasteiger partial charge >= 0.3 is 0 Å². The summed E-state index contributed by atoms with van der Waals surface area (Å²) in [6.07, 6.45) is 1.07. The van der Waals surface area contributed by atoms with Crippen molar-refractivity contribution in [2.24, 2.45) is 0 Å². The highest BCUT2D eigenvalue weighted by atomic mass is 16.1. The number of nitrogens with zero attached hydrogens (tertiary/aromatic N) is 2. The summed E-state index contributed by atoms with van der Waals surface area (Å²) in [6, 6.07) is 18.5. The summed E-state index contributed by atoms with van der Waals surface area (Å²) in [5, 5.41) is 3.64. The van der Waals surface area contributed by atoms with E-state index in [1.54, 1.807) is 6.92 Å². The zero-order valence-corrected chi connectivity index (χ0v) is 17.8. The van der Waals surface area contributed by atoms with E-state index in [9.17, 15) is 4.79 Å². The number of nitrogens with one attached hydrogen (secondary N) is 1. The molecule has 1 unspecified atom stereocenters. The van der Waals surface area contributed by atoms with Crippen molar-refractivity contribution in [1.29, 1.82) is 0 Å². The van der Waals surface area contributed by atoms with Gasteiger partial charge in [-0.25, -0.2) is 0 Å². The van der Waals surface area contributed by atoms with Crippen molar-refractivity contribution in [2.45, 2.75) is 26.3 Å². The Kier molecular flexibility index (Phi) is 6.32. The molecule has 0 saturated carbocycles. The Labute approximate surface area is 179 Å². The maximum atomic E-state index is 11.5. The highest BCUT2D eigenvalue weighted by Gasteiger charge is 2.27.